The first-order valence-corrected chi connectivity index (χ1v) is 1.13. The average Bonchev–Trinajstić information content (AvgIpc) is 1.35. The highest BCUT2D eigenvalue weighted by molar-refractivity contribution is 5.82. The number of carboxylic acid groups (broad SMARTS) is 1. The molecule has 0 amide bonds. The first-order chi connectivity index (χ1) is 2.77. The first-order valence-electron chi connectivity index (χ1n) is 1.13. The highest BCUT2D eigenvalue weighted by Crippen LogP contribution is 1.51. The molecule has 6 heavy (non-hydrogen) atoms. The molecule has 0 aliphatic heterocycles. The third kappa shape index (κ3) is 2.92. The van der Waals surface area contributed by atoms with Gasteiger partial charge in [0, 0.05) is 0 Å². The minimum Gasteiger partial charge on any atom is -0.477 e. The van der Waals surface area contributed by atoms with E-state index in [9.17, 15) is 4.79 Å². The smallest absolute Gasteiger partial charge is 0.348 e. The predicted molar refractivity (Wildman–Crippen MR) is 16.6 cm³/mol. The standard InChI is InChI=1S/C3HO3/c4-2-1-3(5)6/h(H,5,6). The Balaban J connectivity index is 3.60. The predicted octanol–water partition coefficient (Wildman–Crippen LogP) is -0.738. The van der Waals surface area contributed by atoms with E-state index >= 15 is 0 Å². The highest BCUT2D eigenvalue weighted by atomic mass is 16.4. The van der Waals surface area contributed by atoms with E-state index in [0.29, 0.717) is 0 Å². The van der Waals surface area contributed by atoms with Crippen LogP contribution in [0.3, 0.4) is 0 Å². The summed E-state index contributed by atoms with van der Waals surface area (Å²) >= 11 is 0. The monoisotopic (exact) mass is 85.0 g/mol. The van der Waals surface area contributed by atoms with Crippen molar-refractivity contribution in [3.8, 4) is 0 Å². The fraction of sp³-hybridized carbons (Fsp3) is 0. The van der Waals surface area contributed by atoms with E-state index in [4.69, 9.17) is 9.90 Å². The van der Waals surface area contributed by atoms with Crippen molar-refractivity contribution < 1.29 is 14.7 Å². The van der Waals surface area contributed by atoms with Crippen LogP contribution in [0.25, 0.3) is 0 Å². The van der Waals surface area contributed by atoms with Gasteiger partial charge in [0.2, 0.25) is 0 Å². The zero-order valence-electron chi connectivity index (χ0n) is 2.76. The number of aliphatic carboxylic acids is 1. The van der Waals surface area contributed by atoms with Gasteiger partial charge in [0.1, 0.15) is 5.94 Å². The molecule has 0 rings (SSSR count). The average molecular weight is 85.0 g/mol. The summed E-state index contributed by atoms with van der Waals surface area (Å²) in [5.41, 5.74) is 0. The van der Waals surface area contributed by atoms with Crippen molar-refractivity contribution in [3.63, 3.8) is 0 Å². The Hall–Kier alpha value is -1.08. The molecule has 1 radical (unpaired) electrons. The fourth-order valence-electron chi connectivity index (χ4n) is 0.0437. The van der Waals surface area contributed by atoms with Crippen LogP contribution in [0.2, 0.25) is 0 Å². The second kappa shape index (κ2) is 2.18. The summed E-state index contributed by atoms with van der Waals surface area (Å²) in [5, 5.41) is 7.54. The van der Waals surface area contributed by atoms with Gasteiger partial charge in [-0.2, -0.15) is 0 Å². The van der Waals surface area contributed by atoms with Crippen molar-refractivity contribution in [2.75, 3.05) is 0 Å². The number of carbonyl (C=O) groups excluding carboxylic acids is 1. The summed E-state index contributed by atoms with van der Waals surface area (Å²) in [6.07, 6.45) is 1.32. The van der Waals surface area contributed by atoms with Crippen molar-refractivity contribution >= 4 is 11.9 Å². The Bertz CT molecular complexity index is 98.6. The number of carboxylic acids is 1. The number of carbonyl (C=O) groups is 1. The third-order valence-electron chi connectivity index (χ3n) is 0.158. The molecule has 0 bridgehead atoms. The normalized spacial score (nSPS) is 6.00. The lowest BCUT2D eigenvalue weighted by Crippen LogP contribution is -1.85. The van der Waals surface area contributed by atoms with Crippen LogP contribution in [-0.2, 0) is 9.59 Å². The van der Waals surface area contributed by atoms with Gasteiger partial charge in [0.05, 0.1) is 0 Å². The molecule has 0 aromatic heterocycles. The largest absolute Gasteiger partial charge is 0.477 e. The Morgan fingerprint density at radius 1 is 1.67 bits per heavy atom. The number of rotatable bonds is 1. The van der Waals surface area contributed by atoms with E-state index in [-0.39, 0.29) is 0 Å². The molecular formula is C3HO3. The van der Waals surface area contributed by atoms with Gasteiger partial charge in [0.15, 0.2) is 6.08 Å². The van der Waals surface area contributed by atoms with Crippen molar-refractivity contribution in [3.05, 3.63) is 6.08 Å². The molecule has 3 heteroatoms. The van der Waals surface area contributed by atoms with E-state index in [0.717, 1.165) is 5.94 Å². The van der Waals surface area contributed by atoms with E-state index in [1.165, 1.54) is 6.08 Å². The summed E-state index contributed by atoms with van der Waals surface area (Å²) in [7, 11) is 0. The third-order valence-corrected chi connectivity index (χ3v) is 0.158. The van der Waals surface area contributed by atoms with Gasteiger partial charge in [-0.15, -0.1) is 0 Å². The van der Waals surface area contributed by atoms with Gasteiger partial charge in [-0.1, -0.05) is 0 Å². The molecule has 0 spiro atoms. The van der Waals surface area contributed by atoms with Gasteiger partial charge in [-0.05, 0) is 0 Å². The summed E-state index contributed by atoms with van der Waals surface area (Å²) in [4.78, 5) is 18.2. The Morgan fingerprint density at radius 3 is 2.17 bits per heavy atom. The van der Waals surface area contributed by atoms with Crippen molar-refractivity contribution in [1.29, 1.82) is 0 Å². The summed E-state index contributed by atoms with van der Waals surface area (Å²) in [6, 6.07) is 0. The Morgan fingerprint density at radius 2 is 2.17 bits per heavy atom. The molecule has 0 saturated carbocycles. The molecule has 0 unspecified atom stereocenters. The summed E-state index contributed by atoms with van der Waals surface area (Å²) in [5.74, 6) is -0.417. The summed E-state index contributed by atoms with van der Waals surface area (Å²) in [6.45, 7) is 0. The van der Waals surface area contributed by atoms with Crippen molar-refractivity contribution in [2.45, 2.75) is 0 Å². The quantitative estimate of drug-likeness (QED) is 0.337. The minimum atomic E-state index is -1.38. The molecule has 0 heterocycles. The lowest BCUT2D eigenvalue weighted by atomic mass is 10.7. The zero-order chi connectivity index (χ0) is 4.99. The molecule has 3 nitrogen and oxygen atoms in total. The molecule has 0 aromatic rings. The maximum Gasteiger partial charge on any atom is 0.348 e. The lowest BCUT2D eigenvalue weighted by molar-refractivity contribution is -0.132. The maximum absolute atomic E-state index is 9.23. The number of hydrogen-bond donors (Lipinski definition) is 1. The van der Waals surface area contributed by atoms with Crippen LogP contribution in [0, 0.1) is 6.08 Å². The van der Waals surface area contributed by atoms with Gasteiger partial charge in [0.25, 0.3) is 0 Å². The van der Waals surface area contributed by atoms with Crippen LogP contribution < -0.4 is 0 Å². The van der Waals surface area contributed by atoms with Crippen molar-refractivity contribution in [1.82, 2.24) is 0 Å². The highest BCUT2D eigenvalue weighted by Gasteiger charge is 1.81. The topological polar surface area (TPSA) is 54.4 Å². The molecule has 0 aromatic carbocycles. The molecule has 31 valence electrons. The van der Waals surface area contributed by atoms with Gasteiger partial charge < -0.3 is 5.11 Å². The van der Waals surface area contributed by atoms with E-state index in [1.807, 2.05) is 0 Å². The van der Waals surface area contributed by atoms with Crippen LogP contribution in [-0.4, -0.2) is 17.0 Å². The molecular weight excluding hydrogens is 84.0 g/mol. The zero-order valence-corrected chi connectivity index (χ0v) is 2.76. The summed E-state index contributed by atoms with van der Waals surface area (Å²) < 4.78 is 0. The SMILES string of the molecule is O=C=[C]C(=O)O. The molecule has 0 fully saturated rings. The van der Waals surface area contributed by atoms with E-state index < -0.39 is 5.97 Å². The molecule has 1 N–H and O–H groups in total. The van der Waals surface area contributed by atoms with Crippen LogP contribution in [0.4, 0.5) is 0 Å². The van der Waals surface area contributed by atoms with Gasteiger partial charge in [-0.25, -0.2) is 9.59 Å². The van der Waals surface area contributed by atoms with Crippen LogP contribution in [0.5, 0.6) is 0 Å². The van der Waals surface area contributed by atoms with Gasteiger partial charge in [-0.3, -0.25) is 0 Å². The van der Waals surface area contributed by atoms with E-state index in [1.54, 1.807) is 0 Å². The molecule has 0 saturated heterocycles. The molecule has 0 aliphatic rings. The molecule has 0 aliphatic carbocycles. The van der Waals surface area contributed by atoms with E-state index in [2.05, 4.69) is 0 Å². The molecule has 0 atom stereocenters. The number of hydrogen-bond acceptors (Lipinski definition) is 2. The fourth-order valence-corrected chi connectivity index (χ4v) is 0.0437. The van der Waals surface area contributed by atoms with Crippen LogP contribution in [0.1, 0.15) is 0 Å². The minimum absolute atomic E-state index is 0.968. The maximum atomic E-state index is 9.23. The Labute approximate surface area is 33.9 Å². The first kappa shape index (κ1) is 4.92. The van der Waals surface area contributed by atoms with Crippen LogP contribution in [0.15, 0.2) is 0 Å². The second-order valence-electron chi connectivity index (χ2n) is 0.532. The van der Waals surface area contributed by atoms with Gasteiger partial charge >= 0.3 is 5.97 Å². The second-order valence-corrected chi connectivity index (χ2v) is 0.532. The van der Waals surface area contributed by atoms with Crippen LogP contribution >= 0.6 is 0 Å². The lowest BCUT2D eigenvalue weighted by Gasteiger charge is -1.61. The van der Waals surface area contributed by atoms with Crippen molar-refractivity contribution in [2.24, 2.45) is 0 Å². The Kier molecular flexibility index (Phi) is 1.78.